The molecule has 21 heavy (non-hydrogen) atoms. The lowest BCUT2D eigenvalue weighted by atomic mass is 9.79. The van der Waals surface area contributed by atoms with Gasteiger partial charge < -0.3 is 4.74 Å². The number of hydrogen-bond acceptors (Lipinski definition) is 3. The minimum absolute atomic E-state index is 0.599. The molecule has 1 aromatic rings. The molecule has 0 radical (unpaired) electrons. The fourth-order valence-electron chi connectivity index (χ4n) is 3.63. The number of ether oxygens (including phenoxy) is 1. The largest absolute Gasteiger partial charge is 0.497 e. The van der Waals surface area contributed by atoms with Crippen LogP contribution >= 0.6 is 11.9 Å². The van der Waals surface area contributed by atoms with Crippen LogP contribution in [0.3, 0.4) is 0 Å². The van der Waals surface area contributed by atoms with E-state index in [0.29, 0.717) is 11.8 Å². The maximum absolute atomic E-state index is 5.47. The van der Waals surface area contributed by atoms with Crippen molar-refractivity contribution in [2.24, 2.45) is 5.92 Å². The van der Waals surface area contributed by atoms with E-state index < -0.39 is 0 Å². The lowest BCUT2D eigenvalue weighted by molar-refractivity contribution is 0.370. The molecule has 3 heteroatoms. The quantitative estimate of drug-likeness (QED) is 0.611. The third-order valence-electron chi connectivity index (χ3n) is 4.85. The summed E-state index contributed by atoms with van der Waals surface area (Å²) in [5.74, 6) is 2.27. The maximum atomic E-state index is 5.47. The van der Waals surface area contributed by atoms with Gasteiger partial charge in [-0.2, -0.15) is 0 Å². The lowest BCUT2D eigenvalue weighted by Crippen LogP contribution is -2.25. The molecule has 0 amide bonds. The molecular formula is C18H25NOS. The molecule has 2 aliphatic rings. The molecule has 114 valence electrons. The van der Waals surface area contributed by atoms with Gasteiger partial charge in [-0.1, -0.05) is 30.2 Å². The lowest BCUT2D eigenvalue weighted by Gasteiger charge is -2.30. The van der Waals surface area contributed by atoms with E-state index in [1.165, 1.54) is 30.4 Å². The van der Waals surface area contributed by atoms with Gasteiger partial charge in [-0.25, -0.2) is 4.31 Å². The van der Waals surface area contributed by atoms with Crippen molar-refractivity contribution in [2.75, 3.05) is 26.5 Å². The zero-order chi connectivity index (χ0) is 14.7. The molecule has 0 spiro atoms. The van der Waals surface area contributed by atoms with Gasteiger partial charge in [0.2, 0.25) is 0 Å². The molecule has 1 aliphatic heterocycles. The predicted octanol–water partition coefficient (Wildman–Crippen LogP) is 4.27. The Bertz CT molecular complexity index is 514. The standard InChI is InChI=1S/C18H25NOS/c1-20-16-9-8-15-10-11-19(21-2)13-18(17(15)12-16)14-6-4-3-5-7-14/h4,6,8-9,12,14,18H,3,5,7,10-11,13H2,1-2H3. The van der Waals surface area contributed by atoms with Gasteiger partial charge in [-0.05, 0) is 61.1 Å². The van der Waals surface area contributed by atoms with E-state index in [1.54, 1.807) is 7.11 Å². The van der Waals surface area contributed by atoms with Gasteiger partial charge in [0.1, 0.15) is 5.75 Å². The molecule has 0 fully saturated rings. The highest BCUT2D eigenvalue weighted by atomic mass is 32.2. The summed E-state index contributed by atoms with van der Waals surface area (Å²) < 4.78 is 8.00. The van der Waals surface area contributed by atoms with E-state index in [-0.39, 0.29) is 0 Å². The van der Waals surface area contributed by atoms with Gasteiger partial charge in [0.15, 0.2) is 0 Å². The number of nitrogens with zero attached hydrogens (tertiary/aromatic N) is 1. The third-order valence-corrected chi connectivity index (χ3v) is 5.70. The van der Waals surface area contributed by atoms with Crippen molar-refractivity contribution in [1.29, 1.82) is 0 Å². The molecule has 1 aromatic carbocycles. The molecule has 2 atom stereocenters. The van der Waals surface area contributed by atoms with Crippen LogP contribution in [0.15, 0.2) is 30.4 Å². The molecule has 0 saturated heterocycles. The van der Waals surface area contributed by atoms with E-state index in [4.69, 9.17) is 4.74 Å². The fraction of sp³-hybridized carbons (Fsp3) is 0.556. The van der Waals surface area contributed by atoms with Gasteiger partial charge in [0.25, 0.3) is 0 Å². The van der Waals surface area contributed by atoms with Crippen molar-refractivity contribution in [3.05, 3.63) is 41.5 Å². The molecule has 0 N–H and O–H groups in total. The zero-order valence-electron chi connectivity index (χ0n) is 13.0. The summed E-state index contributed by atoms with van der Waals surface area (Å²) >= 11 is 1.89. The first kappa shape index (κ1) is 15.0. The maximum Gasteiger partial charge on any atom is 0.119 e. The first-order chi connectivity index (χ1) is 10.3. The van der Waals surface area contributed by atoms with E-state index >= 15 is 0 Å². The Labute approximate surface area is 132 Å². The predicted molar refractivity (Wildman–Crippen MR) is 91.0 cm³/mol. The molecule has 1 aliphatic carbocycles. The second-order valence-electron chi connectivity index (χ2n) is 6.01. The minimum atomic E-state index is 0.599. The van der Waals surface area contributed by atoms with Crippen LogP contribution in [0.1, 0.15) is 36.3 Å². The first-order valence-electron chi connectivity index (χ1n) is 7.94. The summed E-state index contributed by atoms with van der Waals surface area (Å²) in [5, 5.41) is 0. The Kier molecular flexibility index (Phi) is 4.91. The molecule has 0 saturated carbocycles. The van der Waals surface area contributed by atoms with Crippen molar-refractivity contribution in [2.45, 2.75) is 31.6 Å². The monoisotopic (exact) mass is 303 g/mol. The number of methoxy groups -OCH3 is 1. The van der Waals surface area contributed by atoms with E-state index in [1.807, 2.05) is 11.9 Å². The molecule has 2 nitrogen and oxygen atoms in total. The summed E-state index contributed by atoms with van der Waals surface area (Å²) in [7, 11) is 1.77. The van der Waals surface area contributed by atoms with Gasteiger partial charge >= 0.3 is 0 Å². The van der Waals surface area contributed by atoms with Crippen LogP contribution in [0, 0.1) is 5.92 Å². The van der Waals surface area contributed by atoms with Crippen LogP contribution in [0.2, 0.25) is 0 Å². The molecule has 0 aromatic heterocycles. The summed E-state index contributed by atoms with van der Waals surface area (Å²) in [4.78, 5) is 0. The molecule has 1 heterocycles. The van der Waals surface area contributed by atoms with Crippen LogP contribution in [0.4, 0.5) is 0 Å². The second kappa shape index (κ2) is 6.89. The summed E-state index contributed by atoms with van der Waals surface area (Å²) in [6.07, 6.45) is 12.1. The SMILES string of the molecule is COc1ccc2c(c1)C(C1C=CCCC1)CN(SC)CC2. The molecule has 3 rings (SSSR count). The van der Waals surface area contributed by atoms with Gasteiger partial charge in [0, 0.05) is 19.0 Å². The Hall–Kier alpha value is -0.930. The van der Waals surface area contributed by atoms with Crippen LogP contribution in [0.5, 0.6) is 5.75 Å². The van der Waals surface area contributed by atoms with Gasteiger partial charge in [-0.3, -0.25) is 0 Å². The Morgan fingerprint density at radius 3 is 2.95 bits per heavy atom. The fourth-order valence-corrected chi connectivity index (χ4v) is 4.22. The summed E-state index contributed by atoms with van der Waals surface area (Å²) in [5.41, 5.74) is 3.03. The van der Waals surface area contributed by atoms with Crippen LogP contribution in [-0.4, -0.2) is 30.8 Å². The van der Waals surface area contributed by atoms with E-state index in [2.05, 4.69) is 40.9 Å². The van der Waals surface area contributed by atoms with Crippen LogP contribution < -0.4 is 4.74 Å². The normalized spacial score (nSPS) is 26.2. The van der Waals surface area contributed by atoms with Crippen molar-refractivity contribution in [3.8, 4) is 5.75 Å². The van der Waals surface area contributed by atoms with Crippen molar-refractivity contribution < 1.29 is 4.74 Å². The van der Waals surface area contributed by atoms with E-state index in [0.717, 1.165) is 25.3 Å². The van der Waals surface area contributed by atoms with Crippen LogP contribution in [-0.2, 0) is 6.42 Å². The summed E-state index contributed by atoms with van der Waals surface area (Å²) in [6, 6.07) is 6.67. The third kappa shape index (κ3) is 3.29. The smallest absolute Gasteiger partial charge is 0.119 e. The van der Waals surface area contributed by atoms with Gasteiger partial charge in [-0.15, -0.1) is 0 Å². The average molecular weight is 303 g/mol. The number of fused-ring (bicyclic) bond motifs is 1. The highest BCUT2D eigenvalue weighted by Gasteiger charge is 2.29. The second-order valence-corrected chi connectivity index (χ2v) is 6.90. The molecule has 0 bridgehead atoms. The number of benzene rings is 1. The minimum Gasteiger partial charge on any atom is -0.497 e. The topological polar surface area (TPSA) is 12.5 Å². The number of allylic oxidation sites excluding steroid dienone is 2. The Morgan fingerprint density at radius 2 is 2.24 bits per heavy atom. The van der Waals surface area contributed by atoms with Crippen molar-refractivity contribution in [1.82, 2.24) is 4.31 Å². The molecular weight excluding hydrogens is 278 g/mol. The number of hydrogen-bond donors (Lipinski definition) is 0. The molecule has 2 unspecified atom stereocenters. The first-order valence-corrected chi connectivity index (χ1v) is 9.12. The Balaban J connectivity index is 1.97. The van der Waals surface area contributed by atoms with Crippen molar-refractivity contribution in [3.63, 3.8) is 0 Å². The summed E-state index contributed by atoms with van der Waals surface area (Å²) in [6.45, 7) is 2.30. The zero-order valence-corrected chi connectivity index (χ0v) is 13.9. The van der Waals surface area contributed by atoms with Crippen molar-refractivity contribution >= 4 is 11.9 Å². The highest BCUT2D eigenvalue weighted by Crippen LogP contribution is 2.39. The number of rotatable bonds is 3. The van der Waals surface area contributed by atoms with E-state index in [9.17, 15) is 0 Å². The average Bonchev–Trinajstić information content (AvgIpc) is 2.74. The van der Waals surface area contributed by atoms with Gasteiger partial charge in [0.05, 0.1) is 7.11 Å². The highest BCUT2D eigenvalue weighted by molar-refractivity contribution is 7.96. The Morgan fingerprint density at radius 1 is 1.33 bits per heavy atom. The van der Waals surface area contributed by atoms with Crippen LogP contribution in [0.25, 0.3) is 0 Å².